The van der Waals surface area contributed by atoms with Crippen LogP contribution in [0.25, 0.3) is 0 Å². The summed E-state index contributed by atoms with van der Waals surface area (Å²) in [6.07, 6.45) is 20.6. The summed E-state index contributed by atoms with van der Waals surface area (Å²) in [7, 11) is 1.48. The minimum atomic E-state index is -0.637. The van der Waals surface area contributed by atoms with Crippen molar-refractivity contribution in [3.63, 3.8) is 0 Å². The molecule has 0 aromatic rings. The molecule has 60 heavy (non-hydrogen) atoms. The SMILES string of the molecule is COC(=O)CC[C@@H](C)[C@H]1CCC2C3C(CC[C@@]21C)[C@@]1(C)CC[C@@H](O)CC1C[C@@]3(C)O.C[C@H](CCC(C)(C)O)[C@H]1CCC2C3C(CC[C@@]21C)[C@@]1(C)CC[C@@H](O)CC1C[C@@]3(C)O. The Morgan fingerprint density at radius 3 is 1.40 bits per heavy atom. The number of carbonyl (C=O) groups excluding carboxylic acids is 1. The zero-order valence-corrected chi connectivity index (χ0v) is 40.3. The van der Waals surface area contributed by atoms with Gasteiger partial charge in [-0.25, -0.2) is 0 Å². The van der Waals surface area contributed by atoms with Gasteiger partial charge in [-0.05, 0) is 242 Å². The van der Waals surface area contributed by atoms with Crippen LogP contribution in [0.15, 0.2) is 0 Å². The molecule has 0 aromatic heterocycles. The van der Waals surface area contributed by atoms with Gasteiger partial charge in [0.1, 0.15) is 0 Å². The van der Waals surface area contributed by atoms with Crippen molar-refractivity contribution in [3.05, 3.63) is 0 Å². The minimum absolute atomic E-state index is 0.0982. The van der Waals surface area contributed by atoms with Gasteiger partial charge < -0.3 is 30.3 Å². The summed E-state index contributed by atoms with van der Waals surface area (Å²) in [4.78, 5) is 11.7. The lowest BCUT2D eigenvalue weighted by Crippen LogP contribution is -2.62. The molecule has 8 aliphatic carbocycles. The molecule has 0 amide bonds. The van der Waals surface area contributed by atoms with Crippen LogP contribution in [0.3, 0.4) is 0 Å². The number of hydrogen-bond acceptors (Lipinski definition) is 7. The number of ether oxygens (including phenoxy) is 1. The first kappa shape index (κ1) is 47.2. The maximum absolute atomic E-state index is 11.8. The van der Waals surface area contributed by atoms with Gasteiger partial charge in [-0.1, -0.05) is 41.5 Å². The van der Waals surface area contributed by atoms with E-state index in [1.807, 2.05) is 13.8 Å². The molecule has 0 spiro atoms. The summed E-state index contributed by atoms with van der Waals surface area (Å²) >= 11 is 0. The number of carbonyl (C=O) groups is 1. The zero-order chi connectivity index (χ0) is 44.0. The molecule has 0 radical (unpaired) electrons. The Morgan fingerprint density at radius 2 is 1.00 bits per heavy atom. The highest BCUT2D eigenvalue weighted by atomic mass is 16.5. The van der Waals surface area contributed by atoms with Crippen molar-refractivity contribution in [1.29, 1.82) is 0 Å². The van der Waals surface area contributed by atoms with Gasteiger partial charge in [-0.3, -0.25) is 4.79 Å². The molecule has 0 aliphatic heterocycles. The highest BCUT2D eigenvalue weighted by Gasteiger charge is 2.67. The Morgan fingerprint density at radius 1 is 0.617 bits per heavy atom. The van der Waals surface area contributed by atoms with E-state index in [1.54, 1.807) is 0 Å². The predicted octanol–water partition coefficient (Wildman–Crippen LogP) is 10.5. The molecule has 0 saturated heterocycles. The van der Waals surface area contributed by atoms with Crippen LogP contribution in [0.4, 0.5) is 0 Å². The third-order valence-corrected chi connectivity index (χ3v) is 21.8. The molecule has 0 aromatic carbocycles. The average molecular weight is 841 g/mol. The second-order valence-electron chi connectivity index (χ2n) is 25.7. The number of aliphatic hydroxyl groups is 5. The van der Waals surface area contributed by atoms with E-state index in [0.29, 0.717) is 82.9 Å². The molecule has 20 atom stereocenters. The molecular weight excluding hydrogens is 749 g/mol. The molecule has 7 nitrogen and oxygen atoms in total. The molecule has 0 bridgehead atoms. The fraction of sp³-hybridized carbons (Fsp3) is 0.981. The molecule has 8 fully saturated rings. The van der Waals surface area contributed by atoms with Gasteiger partial charge in [-0.2, -0.15) is 0 Å². The third kappa shape index (κ3) is 8.25. The standard InChI is InChI=1S/C27H48O3.C26H44O4/c1-17(9-12-24(2,3)29)20-7-8-21-23-22(11-14-26(20,21)5)25(4)13-10-19(28)15-18(25)16-27(23,6)30;1-16(6-9-22(28)30-5)19-7-8-20-23-21(11-13-25(19,20)3)24(2)12-10-18(27)14-17(24)15-26(23,4)29/h17-23,28-30H,7-16H2,1-6H3;16-21,23,27,29H,6-15H2,1-5H3/t17-,18?,19-,20-,21?,22?,23?,25+,26-,27-;16-,17?,18-,19-,20?,21?,23?,24+,25-,26-/m11/s1. The monoisotopic (exact) mass is 841 g/mol. The third-order valence-electron chi connectivity index (χ3n) is 21.8. The molecular formula is C53H92O7. The van der Waals surface area contributed by atoms with Gasteiger partial charge in [0.2, 0.25) is 0 Å². The molecule has 8 aliphatic rings. The fourth-order valence-corrected chi connectivity index (χ4v) is 18.5. The Bertz CT molecular complexity index is 1520. The smallest absolute Gasteiger partial charge is 0.305 e. The summed E-state index contributed by atoms with van der Waals surface area (Å²) in [5.41, 5.74) is -0.682. The quantitative estimate of drug-likeness (QED) is 0.154. The second kappa shape index (κ2) is 16.6. The first-order valence-electron chi connectivity index (χ1n) is 25.4. The van der Waals surface area contributed by atoms with Crippen LogP contribution in [-0.4, -0.2) is 67.6 Å². The Labute approximate surface area is 366 Å². The van der Waals surface area contributed by atoms with Crippen molar-refractivity contribution in [2.75, 3.05) is 7.11 Å². The molecule has 8 unspecified atom stereocenters. The summed E-state index contributed by atoms with van der Waals surface area (Å²) in [5, 5.41) is 54.4. The van der Waals surface area contributed by atoms with E-state index < -0.39 is 16.8 Å². The number of aliphatic hydroxyl groups excluding tert-OH is 2. The number of methoxy groups -OCH3 is 1. The van der Waals surface area contributed by atoms with E-state index in [9.17, 15) is 30.3 Å². The highest BCUT2D eigenvalue weighted by molar-refractivity contribution is 5.69. The minimum Gasteiger partial charge on any atom is -0.469 e. The normalized spacial score (nSPS) is 51.9. The van der Waals surface area contributed by atoms with Crippen LogP contribution in [0.1, 0.15) is 198 Å². The van der Waals surface area contributed by atoms with Crippen LogP contribution >= 0.6 is 0 Å². The van der Waals surface area contributed by atoms with E-state index in [2.05, 4.69) is 55.4 Å². The van der Waals surface area contributed by atoms with Gasteiger partial charge in [-0.15, -0.1) is 0 Å². The van der Waals surface area contributed by atoms with Crippen molar-refractivity contribution in [1.82, 2.24) is 0 Å². The van der Waals surface area contributed by atoms with Gasteiger partial charge in [0.25, 0.3) is 0 Å². The first-order chi connectivity index (χ1) is 27.8. The largest absolute Gasteiger partial charge is 0.469 e. The lowest BCUT2D eigenvalue weighted by Gasteiger charge is -2.65. The fourth-order valence-electron chi connectivity index (χ4n) is 18.5. The van der Waals surface area contributed by atoms with Crippen LogP contribution < -0.4 is 0 Å². The van der Waals surface area contributed by atoms with Crippen LogP contribution in [-0.2, 0) is 9.53 Å². The zero-order valence-electron chi connectivity index (χ0n) is 40.3. The van der Waals surface area contributed by atoms with Crippen molar-refractivity contribution in [2.24, 2.45) is 92.7 Å². The number of rotatable bonds is 8. The topological polar surface area (TPSA) is 127 Å². The van der Waals surface area contributed by atoms with Gasteiger partial charge in [0.15, 0.2) is 0 Å². The summed E-state index contributed by atoms with van der Waals surface area (Å²) < 4.78 is 4.87. The number of hydrogen-bond donors (Lipinski definition) is 5. The molecule has 7 heteroatoms. The second-order valence-corrected chi connectivity index (χ2v) is 25.7. The van der Waals surface area contributed by atoms with Crippen molar-refractivity contribution < 1.29 is 35.1 Å². The molecule has 8 saturated carbocycles. The van der Waals surface area contributed by atoms with Gasteiger partial charge in [0.05, 0.1) is 36.1 Å². The van der Waals surface area contributed by atoms with Gasteiger partial charge >= 0.3 is 5.97 Å². The van der Waals surface area contributed by atoms with E-state index in [1.165, 1.54) is 58.5 Å². The van der Waals surface area contributed by atoms with E-state index in [0.717, 1.165) is 70.6 Å². The highest BCUT2D eigenvalue weighted by Crippen LogP contribution is 2.72. The van der Waals surface area contributed by atoms with Gasteiger partial charge in [0, 0.05) is 6.42 Å². The number of fused-ring (bicyclic) bond motifs is 10. The van der Waals surface area contributed by atoms with Crippen LogP contribution in [0.5, 0.6) is 0 Å². The number of esters is 1. The van der Waals surface area contributed by atoms with Crippen molar-refractivity contribution >= 4 is 5.97 Å². The Kier molecular flexibility index (Phi) is 13.1. The van der Waals surface area contributed by atoms with Crippen molar-refractivity contribution in [3.8, 4) is 0 Å². The molecule has 346 valence electrons. The maximum Gasteiger partial charge on any atom is 0.305 e. The Hall–Kier alpha value is -0.730. The Balaban J connectivity index is 0.000000181. The predicted molar refractivity (Wildman–Crippen MR) is 240 cm³/mol. The maximum atomic E-state index is 11.8. The average Bonchev–Trinajstić information content (AvgIpc) is 3.70. The lowest BCUT2D eigenvalue weighted by molar-refractivity contribution is -0.213. The lowest BCUT2D eigenvalue weighted by atomic mass is 9.41. The summed E-state index contributed by atoms with van der Waals surface area (Å²) in [6, 6.07) is 0. The molecule has 0 heterocycles. The van der Waals surface area contributed by atoms with Crippen molar-refractivity contribution in [2.45, 2.75) is 227 Å². The summed E-state index contributed by atoms with van der Waals surface area (Å²) in [6.45, 7) is 22.8. The first-order valence-corrected chi connectivity index (χ1v) is 25.4. The van der Waals surface area contributed by atoms with Crippen LogP contribution in [0, 0.1) is 92.7 Å². The molecule has 5 N–H and O–H groups in total. The van der Waals surface area contributed by atoms with E-state index in [4.69, 9.17) is 4.74 Å². The van der Waals surface area contributed by atoms with E-state index in [-0.39, 0.29) is 34.4 Å². The van der Waals surface area contributed by atoms with Crippen LogP contribution in [0.2, 0.25) is 0 Å². The molecule has 8 rings (SSSR count). The summed E-state index contributed by atoms with van der Waals surface area (Å²) in [5.74, 6) is 6.41. The van der Waals surface area contributed by atoms with E-state index >= 15 is 0 Å².